The molecule has 0 unspecified atom stereocenters. The van der Waals surface area contributed by atoms with E-state index in [1.54, 1.807) is 0 Å². The topological polar surface area (TPSA) is 50.9 Å². The molecule has 0 amide bonds. The Kier molecular flexibility index (Phi) is 3.75. The van der Waals surface area contributed by atoms with Crippen LogP contribution in [0, 0.1) is 0 Å². The molecule has 1 aliphatic carbocycles. The van der Waals surface area contributed by atoms with Crippen LogP contribution in [-0.4, -0.2) is 37.6 Å². The molecule has 1 fully saturated rings. The van der Waals surface area contributed by atoms with E-state index in [1.165, 1.54) is 5.56 Å². The summed E-state index contributed by atoms with van der Waals surface area (Å²) in [6, 6.07) is 8.62. The average Bonchev–Trinajstić information content (AvgIpc) is 3.09. The first-order valence-corrected chi connectivity index (χ1v) is 6.35. The Labute approximate surface area is 108 Å². The summed E-state index contributed by atoms with van der Waals surface area (Å²) in [6.07, 6.45) is 1.09. The molecule has 2 N–H and O–H groups in total. The van der Waals surface area contributed by atoms with E-state index >= 15 is 0 Å². The SMILES string of the molecule is CCOc1ccc([C@@H]2C[C@H]2N=C(N)N(C)C)cc1. The Morgan fingerprint density at radius 1 is 1.39 bits per heavy atom. The maximum atomic E-state index is 5.82. The minimum atomic E-state index is 0.338. The smallest absolute Gasteiger partial charge is 0.191 e. The lowest BCUT2D eigenvalue weighted by Gasteiger charge is -2.10. The Morgan fingerprint density at radius 3 is 2.61 bits per heavy atom. The van der Waals surface area contributed by atoms with Crippen molar-refractivity contribution in [3.8, 4) is 5.75 Å². The molecule has 2 rings (SSSR count). The summed E-state index contributed by atoms with van der Waals surface area (Å²) in [7, 11) is 3.82. The highest BCUT2D eigenvalue weighted by Gasteiger charge is 2.38. The number of rotatable bonds is 4. The maximum absolute atomic E-state index is 5.82. The van der Waals surface area contributed by atoms with Gasteiger partial charge in [0.25, 0.3) is 0 Å². The first-order valence-electron chi connectivity index (χ1n) is 6.35. The van der Waals surface area contributed by atoms with Crippen molar-refractivity contribution in [3.63, 3.8) is 0 Å². The highest BCUT2D eigenvalue weighted by molar-refractivity contribution is 5.78. The minimum Gasteiger partial charge on any atom is -0.494 e. The Morgan fingerprint density at radius 2 is 2.06 bits per heavy atom. The van der Waals surface area contributed by atoms with E-state index in [0.717, 1.165) is 12.2 Å². The van der Waals surface area contributed by atoms with Crippen LogP contribution in [0.1, 0.15) is 24.8 Å². The Hall–Kier alpha value is -1.71. The van der Waals surface area contributed by atoms with Gasteiger partial charge in [-0.25, -0.2) is 4.99 Å². The number of hydrogen-bond acceptors (Lipinski definition) is 2. The summed E-state index contributed by atoms with van der Waals surface area (Å²) in [6.45, 7) is 2.69. The molecule has 1 aromatic rings. The normalized spacial score (nSPS) is 22.7. The minimum absolute atomic E-state index is 0.338. The zero-order valence-corrected chi connectivity index (χ0v) is 11.3. The molecule has 0 aliphatic heterocycles. The van der Waals surface area contributed by atoms with E-state index in [-0.39, 0.29) is 0 Å². The van der Waals surface area contributed by atoms with Crippen LogP contribution < -0.4 is 10.5 Å². The van der Waals surface area contributed by atoms with E-state index in [4.69, 9.17) is 10.5 Å². The fourth-order valence-electron chi connectivity index (χ4n) is 1.95. The molecule has 1 aliphatic rings. The molecule has 1 saturated carbocycles. The molecule has 0 bridgehead atoms. The Bertz CT molecular complexity index is 425. The second kappa shape index (κ2) is 5.29. The summed E-state index contributed by atoms with van der Waals surface area (Å²) in [4.78, 5) is 6.33. The van der Waals surface area contributed by atoms with Crippen LogP contribution in [0.5, 0.6) is 5.75 Å². The summed E-state index contributed by atoms with van der Waals surface area (Å²) < 4.78 is 5.43. The van der Waals surface area contributed by atoms with Gasteiger partial charge in [0.15, 0.2) is 5.96 Å². The second-order valence-electron chi connectivity index (χ2n) is 4.79. The van der Waals surface area contributed by atoms with Crippen LogP contribution in [0.2, 0.25) is 0 Å². The van der Waals surface area contributed by atoms with Gasteiger partial charge in [0.2, 0.25) is 0 Å². The van der Waals surface area contributed by atoms with Crippen molar-refractivity contribution in [2.45, 2.75) is 25.3 Å². The summed E-state index contributed by atoms with van der Waals surface area (Å²) >= 11 is 0. The number of ether oxygens (including phenoxy) is 1. The van der Waals surface area contributed by atoms with Crippen LogP contribution in [0.4, 0.5) is 0 Å². The largest absolute Gasteiger partial charge is 0.494 e. The van der Waals surface area contributed by atoms with Crippen molar-refractivity contribution in [2.24, 2.45) is 10.7 Å². The standard InChI is InChI=1S/C14H21N3O/c1-4-18-11-7-5-10(6-8-11)12-9-13(12)16-14(15)17(2)3/h5-8,12-13H,4,9H2,1-3H3,(H2,15,16)/t12-,13+/m0/s1. The molecule has 1 aromatic carbocycles. The van der Waals surface area contributed by atoms with Gasteiger partial charge in [-0.15, -0.1) is 0 Å². The van der Waals surface area contributed by atoms with Gasteiger partial charge in [-0.3, -0.25) is 0 Å². The molecule has 4 nitrogen and oxygen atoms in total. The fourth-order valence-corrected chi connectivity index (χ4v) is 1.95. The molecule has 0 saturated heterocycles. The van der Waals surface area contributed by atoms with E-state index < -0.39 is 0 Å². The number of aliphatic imine (C=N–C) groups is 1. The van der Waals surface area contributed by atoms with Gasteiger partial charge < -0.3 is 15.4 Å². The van der Waals surface area contributed by atoms with Gasteiger partial charge in [-0.2, -0.15) is 0 Å². The summed E-state index contributed by atoms with van der Waals surface area (Å²) in [5.74, 6) is 2.04. The molecule has 98 valence electrons. The Balaban J connectivity index is 1.97. The van der Waals surface area contributed by atoms with Crippen molar-refractivity contribution < 1.29 is 4.74 Å². The van der Waals surface area contributed by atoms with Gasteiger partial charge in [0, 0.05) is 20.0 Å². The fraction of sp³-hybridized carbons (Fsp3) is 0.500. The van der Waals surface area contributed by atoms with Crippen molar-refractivity contribution in [1.82, 2.24) is 4.90 Å². The molecule has 18 heavy (non-hydrogen) atoms. The molecular weight excluding hydrogens is 226 g/mol. The molecule has 0 radical (unpaired) electrons. The van der Waals surface area contributed by atoms with E-state index in [1.807, 2.05) is 38.1 Å². The van der Waals surface area contributed by atoms with Gasteiger partial charge in [-0.05, 0) is 31.0 Å². The molecule has 0 aromatic heterocycles. The summed E-state index contributed by atoms with van der Waals surface area (Å²) in [5.41, 5.74) is 7.14. The zero-order chi connectivity index (χ0) is 13.1. The van der Waals surface area contributed by atoms with Crippen LogP contribution in [0.15, 0.2) is 29.3 Å². The highest BCUT2D eigenvalue weighted by Crippen LogP contribution is 2.43. The van der Waals surface area contributed by atoms with E-state index in [2.05, 4.69) is 17.1 Å². The third-order valence-electron chi connectivity index (χ3n) is 3.13. The number of hydrogen-bond donors (Lipinski definition) is 1. The van der Waals surface area contributed by atoms with Gasteiger partial charge in [0.05, 0.1) is 12.6 Å². The highest BCUT2D eigenvalue weighted by atomic mass is 16.5. The van der Waals surface area contributed by atoms with Gasteiger partial charge >= 0.3 is 0 Å². The van der Waals surface area contributed by atoms with Gasteiger partial charge in [-0.1, -0.05) is 12.1 Å². The van der Waals surface area contributed by atoms with E-state index in [0.29, 0.717) is 24.5 Å². The van der Waals surface area contributed by atoms with Gasteiger partial charge in [0.1, 0.15) is 5.75 Å². The van der Waals surface area contributed by atoms with Crippen LogP contribution in [0.25, 0.3) is 0 Å². The first-order chi connectivity index (χ1) is 8.61. The lowest BCUT2D eigenvalue weighted by Crippen LogP contribution is -2.30. The van der Waals surface area contributed by atoms with E-state index in [9.17, 15) is 0 Å². The van der Waals surface area contributed by atoms with Crippen molar-refractivity contribution >= 4 is 5.96 Å². The zero-order valence-electron chi connectivity index (χ0n) is 11.3. The molecular formula is C14H21N3O. The quantitative estimate of drug-likeness (QED) is 0.652. The first kappa shape index (κ1) is 12.7. The average molecular weight is 247 g/mol. The predicted octanol–water partition coefficient (Wildman–Crippen LogP) is 1.82. The number of guanidine groups is 1. The molecule has 0 heterocycles. The lowest BCUT2D eigenvalue weighted by molar-refractivity contribution is 0.340. The van der Waals surface area contributed by atoms with Crippen molar-refractivity contribution in [3.05, 3.63) is 29.8 Å². The molecule has 0 spiro atoms. The maximum Gasteiger partial charge on any atom is 0.191 e. The number of nitrogens with two attached hydrogens (primary N) is 1. The third kappa shape index (κ3) is 2.94. The van der Waals surface area contributed by atoms with Crippen molar-refractivity contribution in [2.75, 3.05) is 20.7 Å². The third-order valence-corrected chi connectivity index (χ3v) is 3.13. The second-order valence-corrected chi connectivity index (χ2v) is 4.79. The number of benzene rings is 1. The molecule has 4 heteroatoms. The predicted molar refractivity (Wildman–Crippen MR) is 74.1 cm³/mol. The van der Waals surface area contributed by atoms with Crippen LogP contribution in [0.3, 0.4) is 0 Å². The monoisotopic (exact) mass is 247 g/mol. The molecule has 2 atom stereocenters. The van der Waals surface area contributed by atoms with Crippen LogP contribution in [-0.2, 0) is 0 Å². The lowest BCUT2D eigenvalue weighted by atomic mass is 10.1. The van der Waals surface area contributed by atoms with Crippen molar-refractivity contribution in [1.29, 1.82) is 0 Å². The van der Waals surface area contributed by atoms with Crippen LogP contribution >= 0.6 is 0 Å². The summed E-state index contributed by atoms with van der Waals surface area (Å²) in [5, 5.41) is 0. The number of nitrogens with zero attached hydrogens (tertiary/aromatic N) is 2.